The molecule has 102 valence electrons. The Labute approximate surface area is 107 Å². The summed E-state index contributed by atoms with van der Waals surface area (Å²) in [5.41, 5.74) is 0. The fourth-order valence-electron chi connectivity index (χ4n) is 1.43. The molecule has 0 unspecified atom stereocenters. The Balaban J connectivity index is 2.81. The van der Waals surface area contributed by atoms with Crippen LogP contribution in [0.1, 0.15) is 21.5 Å². The van der Waals surface area contributed by atoms with Gasteiger partial charge in [0, 0.05) is 11.4 Å². The summed E-state index contributed by atoms with van der Waals surface area (Å²) in [6.07, 6.45) is -3.73. The lowest BCUT2D eigenvalue weighted by atomic mass is 10.3. The first-order chi connectivity index (χ1) is 8.37. The van der Waals surface area contributed by atoms with Gasteiger partial charge in [0.15, 0.2) is 0 Å². The van der Waals surface area contributed by atoms with Gasteiger partial charge in [-0.2, -0.15) is 13.2 Å². The van der Waals surface area contributed by atoms with Crippen molar-refractivity contribution in [2.24, 2.45) is 0 Å². The van der Waals surface area contributed by atoms with Gasteiger partial charge in [-0.05, 0) is 18.6 Å². The van der Waals surface area contributed by atoms with Gasteiger partial charge in [-0.3, -0.25) is 4.79 Å². The van der Waals surface area contributed by atoms with Crippen molar-refractivity contribution in [2.75, 3.05) is 19.7 Å². The molecule has 0 atom stereocenters. The lowest BCUT2D eigenvalue weighted by molar-refractivity contribution is -0.141. The smallest absolute Gasteiger partial charge is 0.395 e. The summed E-state index contributed by atoms with van der Waals surface area (Å²) in [7, 11) is 0. The van der Waals surface area contributed by atoms with E-state index in [4.69, 9.17) is 5.11 Å². The van der Waals surface area contributed by atoms with Crippen LogP contribution in [-0.2, 0) is 6.42 Å². The van der Waals surface area contributed by atoms with E-state index < -0.39 is 25.2 Å². The first-order valence-electron chi connectivity index (χ1n) is 5.43. The van der Waals surface area contributed by atoms with Gasteiger partial charge in [-0.25, -0.2) is 0 Å². The molecule has 0 aliphatic rings. The number of aliphatic hydroxyl groups excluding tert-OH is 1. The first-order valence-corrected chi connectivity index (χ1v) is 6.24. The minimum absolute atomic E-state index is 0.268. The highest BCUT2D eigenvalue weighted by Gasteiger charge is 2.33. The van der Waals surface area contributed by atoms with Crippen LogP contribution in [0.15, 0.2) is 12.1 Å². The zero-order chi connectivity index (χ0) is 13.8. The van der Waals surface area contributed by atoms with Gasteiger partial charge in [0.2, 0.25) is 0 Å². The Morgan fingerprint density at radius 2 is 2.11 bits per heavy atom. The van der Waals surface area contributed by atoms with Crippen molar-refractivity contribution in [3.05, 3.63) is 21.9 Å². The lowest BCUT2D eigenvalue weighted by Crippen LogP contribution is -2.40. The van der Waals surface area contributed by atoms with Gasteiger partial charge >= 0.3 is 6.18 Å². The van der Waals surface area contributed by atoms with Crippen molar-refractivity contribution in [2.45, 2.75) is 19.5 Å². The van der Waals surface area contributed by atoms with Crippen LogP contribution >= 0.6 is 11.3 Å². The molecule has 18 heavy (non-hydrogen) atoms. The summed E-state index contributed by atoms with van der Waals surface area (Å²) in [5, 5.41) is 8.72. The van der Waals surface area contributed by atoms with Crippen LogP contribution in [0.25, 0.3) is 0 Å². The standard InChI is InChI=1S/C11H14F3NO2S/c1-2-8-3-4-9(18-8)10(17)15(5-6-16)7-11(12,13)14/h3-4,16H,2,5-7H2,1H3. The molecule has 0 fully saturated rings. The Bertz CT molecular complexity index is 403. The lowest BCUT2D eigenvalue weighted by Gasteiger charge is -2.22. The van der Waals surface area contributed by atoms with Crippen LogP contribution in [-0.4, -0.2) is 41.8 Å². The van der Waals surface area contributed by atoms with E-state index in [0.29, 0.717) is 4.90 Å². The number of hydrogen-bond donors (Lipinski definition) is 1. The SMILES string of the molecule is CCc1ccc(C(=O)N(CCO)CC(F)(F)F)s1. The Morgan fingerprint density at radius 1 is 1.44 bits per heavy atom. The molecule has 0 spiro atoms. The number of halogens is 3. The van der Waals surface area contributed by atoms with E-state index in [2.05, 4.69) is 0 Å². The molecule has 0 aromatic carbocycles. The average molecular weight is 281 g/mol. The average Bonchev–Trinajstić information content (AvgIpc) is 2.74. The van der Waals surface area contributed by atoms with Gasteiger partial charge in [-0.15, -0.1) is 11.3 Å². The van der Waals surface area contributed by atoms with Crippen molar-refractivity contribution in [3.63, 3.8) is 0 Å². The third-order valence-electron chi connectivity index (χ3n) is 2.25. The number of hydrogen-bond acceptors (Lipinski definition) is 3. The van der Waals surface area contributed by atoms with E-state index >= 15 is 0 Å². The zero-order valence-electron chi connectivity index (χ0n) is 9.83. The highest BCUT2D eigenvalue weighted by atomic mass is 32.1. The Hall–Kier alpha value is -1.08. The molecule has 7 heteroatoms. The number of aliphatic hydroxyl groups is 1. The number of amides is 1. The van der Waals surface area contributed by atoms with E-state index in [1.165, 1.54) is 17.4 Å². The van der Waals surface area contributed by atoms with E-state index in [-0.39, 0.29) is 11.4 Å². The van der Waals surface area contributed by atoms with E-state index in [0.717, 1.165) is 11.3 Å². The quantitative estimate of drug-likeness (QED) is 0.899. The molecular formula is C11H14F3NO2S. The maximum atomic E-state index is 12.3. The van der Waals surface area contributed by atoms with E-state index in [9.17, 15) is 18.0 Å². The van der Waals surface area contributed by atoms with Crippen LogP contribution in [0.3, 0.4) is 0 Å². The largest absolute Gasteiger partial charge is 0.406 e. The molecule has 0 radical (unpaired) electrons. The van der Waals surface area contributed by atoms with Gasteiger partial charge in [0.1, 0.15) is 6.54 Å². The van der Waals surface area contributed by atoms with Crippen molar-refractivity contribution >= 4 is 17.2 Å². The first kappa shape index (κ1) is 15.0. The van der Waals surface area contributed by atoms with Gasteiger partial charge in [0.25, 0.3) is 5.91 Å². The summed E-state index contributed by atoms with van der Waals surface area (Å²) in [6.45, 7) is -0.251. The maximum Gasteiger partial charge on any atom is 0.406 e. The molecule has 0 saturated heterocycles. The summed E-state index contributed by atoms with van der Waals surface area (Å²) in [5.74, 6) is -0.689. The Morgan fingerprint density at radius 3 is 2.56 bits per heavy atom. The fourth-order valence-corrected chi connectivity index (χ4v) is 2.34. The predicted molar refractivity (Wildman–Crippen MR) is 62.7 cm³/mol. The molecule has 1 rings (SSSR count). The summed E-state index contributed by atoms with van der Waals surface area (Å²) in [4.78, 5) is 13.7. The van der Waals surface area contributed by atoms with Crippen LogP contribution in [0.4, 0.5) is 13.2 Å². The predicted octanol–water partition coefficient (Wildman–Crippen LogP) is 2.31. The fraction of sp³-hybridized carbons (Fsp3) is 0.545. The molecule has 0 aliphatic carbocycles. The third-order valence-corrected chi connectivity index (χ3v) is 3.47. The van der Waals surface area contributed by atoms with Crippen molar-refractivity contribution in [3.8, 4) is 0 Å². The summed E-state index contributed by atoms with van der Waals surface area (Å²) < 4.78 is 36.9. The van der Waals surface area contributed by atoms with Crippen molar-refractivity contribution < 1.29 is 23.1 Å². The number of thiophene rings is 1. The minimum atomic E-state index is -4.46. The van der Waals surface area contributed by atoms with E-state index in [1.807, 2.05) is 6.92 Å². The summed E-state index contributed by atoms with van der Waals surface area (Å²) in [6, 6.07) is 3.25. The number of aryl methyl sites for hydroxylation is 1. The highest BCUT2D eigenvalue weighted by Crippen LogP contribution is 2.22. The topological polar surface area (TPSA) is 40.5 Å². The molecule has 3 nitrogen and oxygen atoms in total. The van der Waals surface area contributed by atoms with Gasteiger partial charge < -0.3 is 10.0 Å². The number of rotatable bonds is 5. The maximum absolute atomic E-state index is 12.3. The molecule has 1 amide bonds. The second-order valence-electron chi connectivity index (χ2n) is 3.69. The molecule has 0 bridgehead atoms. The van der Waals surface area contributed by atoms with Crippen molar-refractivity contribution in [1.29, 1.82) is 0 Å². The van der Waals surface area contributed by atoms with Crippen LogP contribution in [0.2, 0.25) is 0 Å². The van der Waals surface area contributed by atoms with E-state index in [1.54, 1.807) is 6.07 Å². The number of alkyl halides is 3. The molecule has 1 aromatic rings. The number of nitrogens with zero attached hydrogens (tertiary/aromatic N) is 1. The van der Waals surface area contributed by atoms with Crippen LogP contribution in [0, 0.1) is 0 Å². The number of carbonyl (C=O) groups is 1. The molecule has 1 heterocycles. The second kappa shape index (κ2) is 6.19. The molecule has 1 aromatic heterocycles. The third kappa shape index (κ3) is 4.30. The van der Waals surface area contributed by atoms with Crippen molar-refractivity contribution in [1.82, 2.24) is 4.90 Å². The normalized spacial score (nSPS) is 11.6. The zero-order valence-corrected chi connectivity index (χ0v) is 10.6. The van der Waals surface area contributed by atoms with Crippen LogP contribution < -0.4 is 0 Å². The van der Waals surface area contributed by atoms with Gasteiger partial charge in [-0.1, -0.05) is 6.92 Å². The molecular weight excluding hydrogens is 267 g/mol. The van der Waals surface area contributed by atoms with Gasteiger partial charge in [0.05, 0.1) is 11.5 Å². The number of carbonyl (C=O) groups excluding carboxylic acids is 1. The summed E-state index contributed by atoms with van der Waals surface area (Å²) >= 11 is 1.18. The molecule has 0 saturated carbocycles. The molecule has 1 N–H and O–H groups in total. The monoisotopic (exact) mass is 281 g/mol. The minimum Gasteiger partial charge on any atom is -0.395 e. The molecule has 0 aliphatic heterocycles. The van der Waals surface area contributed by atoms with Crippen LogP contribution in [0.5, 0.6) is 0 Å². The highest BCUT2D eigenvalue weighted by molar-refractivity contribution is 7.14. The second-order valence-corrected chi connectivity index (χ2v) is 4.85. The Kier molecular flexibility index (Phi) is 5.15.